The van der Waals surface area contributed by atoms with Gasteiger partial charge in [0, 0.05) is 18.7 Å². The molecule has 0 bridgehead atoms. The maximum atomic E-state index is 9.60. The molecule has 1 aliphatic rings. The van der Waals surface area contributed by atoms with Crippen LogP contribution in [-0.2, 0) is 9.53 Å². The first-order valence-electron chi connectivity index (χ1n) is 4.84. The van der Waals surface area contributed by atoms with Crippen LogP contribution in [0.15, 0.2) is 12.2 Å². The third-order valence-electron chi connectivity index (χ3n) is 1.86. The summed E-state index contributed by atoms with van der Waals surface area (Å²) in [5.41, 5.74) is 0.176. The van der Waals surface area contributed by atoms with Crippen LogP contribution in [0.3, 0.4) is 0 Å². The van der Waals surface area contributed by atoms with E-state index in [1.54, 1.807) is 6.92 Å². The predicted octanol–water partition coefficient (Wildman–Crippen LogP) is 0.00270. The van der Waals surface area contributed by atoms with Crippen LogP contribution in [0.2, 0.25) is 0 Å². The van der Waals surface area contributed by atoms with Crippen LogP contribution in [0.4, 0.5) is 0 Å². The molecular weight excluding hydrogens is 198 g/mol. The van der Waals surface area contributed by atoms with Gasteiger partial charge >= 0.3 is 5.97 Å². The van der Waals surface area contributed by atoms with Crippen LogP contribution in [0.1, 0.15) is 13.8 Å². The number of aliphatic hydroxyl groups is 1. The van der Waals surface area contributed by atoms with Gasteiger partial charge in [0.1, 0.15) is 0 Å². The second-order valence-corrected chi connectivity index (χ2v) is 3.44. The number of hydrogen-bond acceptors (Lipinski definition) is 4. The molecule has 1 heterocycles. The Labute approximate surface area is 89.7 Å². The Balaban J connectivity index is 0.000000288. The maximum Gasteiger partial charge on any atom is 0.330 e. The number of carboxylic acids is 1. The van der Waals surface area contributed by atoms with Gasteiger partial charge in [-0.15, -0.1) is 0 Å². The highest BCUT2D eigenvalue weighted by Gasteiger charge is 2.17. The quantitative estimate of drug-likeness (QED) is 0.567. The van der Waals surface area contributed by atoms with Crippen molar-refractivity contribution in [1.29, 1.82) is 0 Å². The molecule has 1 fully saturated rings. The SMILES string of the molecule is C=C(C)C(=O)O.CC(O)C1CNCCO1. The number of hydrogen-bond donors (Lipinski definition) is 3. The third kappa shape index (κ3) is 7.07. The zero-order valence-electron chi connectivity index (χ0n) is 9.19. The van der Waals surface area contributed by atoms with Crippen LogP contribution in [0, 0.1) is 0 Å². The summed E-state index contributed by atoms with van der Waals surface area (Å²) in [4.78, 5) is 9.60. The number of carboxylic acid groups (broad SMARTS) is 1. The number of morpholine rings is 1. The number of rotatable bonds is 2. The molecule has 0 spiro atoms. The highest BCUT2D eigenvalue weighted by Crippen LogP contribution is 2.00. The Kier molecular flexibility index (Phi) is 6.94. The van der Waals surface area contributed by atoms with Crippen molar-refractivity contribution < 1.29 is 19.7 Å². The first-order chi connectivity index (χ1) is 6.95. The molecular formula is C10H19NO4. The summed E-state index contributed by atoms with van der Waals surface area (Å²) >= 11 is 0. The number of aliphatic carboxylic acids is 1. The molecule has 1 saturated heterocycles. The van der Waals surface area contributed by atoms with Crippen LogP contribution in [0.5, 0.6) is 0 Å². The van der Waals surface area contributed by atoms with Gasteiger partial charge < -0.3 is 20.3 Å². The van der Waals surface area contributed by atoms with Crippen molar-refractivity contribution in [3.8, 4) is 0 Å². The fraction of sp³-hybridized carbons (Fsp3) is 0.700. The third-order valence-corrected chi connectivity index (χ3v) is 1.86. The van der Waals surface area contributed by atoms with Gasteiger partial charge in [-0.3, -0.25) is 0 Å². The van der Waals surface area contributed by atoms with Crippen LogP contribution in [0.25, 0.3) is 0 Å². The lowest BCUT2D eigenvalue weighted by Crippen LogP contribution is -2.43. The summed E-state index contributed by atoms with van der Waals surface area (Å²) in [7, 11) is 0. The molecule has 0 amide bonds. The molecule has 15 heavy (non-hydrogen) atoms. The molecule has 0 aromatic heterocycles. The summed E-state index contributed by atoms with van der Waals surface area (Å²) in [6.45, 7) is 8.75. The van der Waals surface area contributed by atoms with Crippen molar-refractivity contribution in [2.24, 2.45) is 0 Å². The minimum Gasteiger partial charge on any atom is -0.478 e. The number of nitrogens with one attached hydrogen (secondary N) is 1. The molecule has 2 atom stereocenters. The Morgan fingerprint density at radius 2 is 2.20 bits per heavy atom. The summed E-state index contributed by atoms with van der Waals surface area (Å²) < 4.78 is 5.23. The fourth-order valence-corrected chi connectivity index (χ4v) is 0.896. The summed E-state index contributed by atoms with van der Waals surface area (Å²) in [5.74, 6) is -0.935. The number of ether oxygens (including phenoxy) is 1. The molecule has 3 N–H and O–H groups in total. The van der Waals surface area contributed by atoms with E-state index in [4.69, 9.17) is 14.9 Å². The van der Waals surface area contributed by atoms with Crippen molar-refractivity contribution >= 4 is 5.97 Å². The molecule has 5 heteroatoms. The van der Waals surface area contributed by atoms with E-state index in [1.165, 1.54) is 6.92 Å². The second-order valence-electron chi connectivity index (χ2n) is 3.44. The van der Waals surface area contributed by atoms with E-state index in [0.717, 1.165) is 19.7 Å². The summed E-state index contributed by atoms with van der Waals surface area (Å²) in [6.07, 6.45) is -0.350. The van der Waals surface area contributed by atoms with Gasteiger partial charge in [-0.2, -0.15) is 0 Å². The molecule has 2 unspecified atom stereocenters. The van der Waals surface area contributed by atoms with Gasteiger partial charge in [-0.1, -0.05) is 6.58 Å². The van der Waals surface area contributed by atoms with Crippen LogP contribution >= 0.6 is 0 Å². The first kappa shape index (κ1) is 14.1. The number of carbonyl (C=O) groups is 1. The number of aliphatic hydroxyl groups excluding tert-OH is 1. The van der Waals surface area contributed by atoms with Crippen LogP contribution < -0.4 is 5.32 Å². The molecule has 0 aromatic rings. The lowest BCUT2D eigenvalue weighted by Gasteiger charge is -2.25. The Hall–Kier alpha value is -0.910. The van der Waals surface area contributed by atoms with E-state index in [-0.39, 0.29) is 17.8 Å². The molecule has 88 valence electrons. The van der Waals surface area contributed by atoms with Crippen molar-refractivity contribution in [3.63, 3.8) is 0 Å². The molecule has 0 saturated carbocycles. The minimum absolute atomic E-state index is 0.00116. The zero-order chi connectivity index (χ0) is 11.8. The molecule has 0 aliphatic carbocycles. The van der Waals surface area contributed by atoms with E-state index < -0.39 is 5.97 Å². The van der Waals surface area contributed by atoms with Gasteiger partial charge in [0.25, 0.3) is 0 Å². The minimum atomic E-state index is -0.935. The van der Waals surface area contributed by atoms with E-state index in [1.807, 2.05) is 0 Å². The van der Waals surface area contributed by atoms with Gasteiger partial charge in [-0.25, -0.2) is 4.79 Å². The fourth-order valence-electron chi connectivity index (χ4n) is 0.896. The Bertz CT molecular complexity index is 197. The molecule has 0 radical (unpaired) electrons. The topological polar surface area (TPSA) is 78.8 Å². The largest absolute Gasteiger partial charge is 0.478 e. The summed E-state index contributed by atoms with van der Waals surface area (Å²) in [6, 6.07) is 0. The van der Waals surface area contributed by atoms with E-state index in [0.29, 0.717) is 0 Å². The Morgan fingerprint density at radius 1 is 1.67 bits per heavy atom. The maximum absolute atomic E-state index is 9.60. The average molecular weight is 217 g/mol. The van der Waals surface area contributed by atoms with Crippen molar-refractivity contribution in [2.45, 2.75) is 26.1 Å². The molecule has 1 rings (SSSR count). The van der Waals surface area contributed by atoms with Crippen LogP contribution in [-0.4, -0.2) is 48.1 Å². The van der Waals surface area contributed by atoms with E-state index in [9.17, 15) is 4.79 Å². The van der Waals surface area contributed by atoms with Crippen molar-refractivity contribution in [2.75, 3.05) is 19.7 Å². The Morgan fingerprint density at radius 3 is 2.40 bits per heavy atom. The smallest absolute Gasteiger partial charge is 0.330 e. The molecule has 5 nitrogen and oxygen atoms in total. The van der Waals surface area contributed by atoms with Gasteiger partial charge in [0.15, 0.2) is 0 Å². The molecule has 0 aromatic carbocycles. The van der Waals surface area contributed by atoms with Gasteiger partial charge in [0.05, 0.1) is 18.8 Å². The van der Waals surface area contributed by atoms with Crippen molar-refractivity contribution in [1.82, 2.24) is 5.32 Å². The first-order valence-corrected chi connectivity index (χ1v) is 4.84. The predicted molar refractivity (Wildman–Crippen MR) is 56.7 cm³/mol. The monoisotopic (exact) mass is 217 g/mol. The lowest BCUT2D eigenvalue weighted by molar-refractivity contribution is -0.132. The highest BCUT2D eigenvalue weighted by atomic mass is 16.5. The summed E-state index contributed by atoms with van der Waals surface area (Å²) in [5, 5.41) is 20.0. The van der Waals surface area contributed by atoms with Gasteiger partial charge in [0.2, 0.25) is 0 Å². The lowest BCUT2D eigenvalue weighted by atomic mass is 10.2. The van der Waals surface area contributed by atoms with E-state index in [2.05, 4.69) is 11.9 Å². The highest BCUT2D eigenvalue weighted by molar-refractivity contribution is 5.84. The zero-order valence-corrected chi connectivity index (χ0v) is 9.19. The van der Waals surface area contributed by atoms with Gasteiger partial charge in [-0.05, 0) is 13.8 Å². The standard InChI is InChI=1S/C6H13NO2.C4H6O2/c1-5(8)6-4-7-2-3-9-6;1-3(2)4(5)6/h5-8H,2-4H2,1H3;1H2,2H3,(H,5,6). The van der Waals surface area contributed by atoms with Crippen molar-refractivity contribution in [3.05, 3.63) is 12.2 Å². The normalized spacial score (nSPS) is 22.2. The molecule has 1 aliphatic heterocycles. The van der Waals surface area contributed by atoms with E-state index >= 15 is 0 Å². The average Bonchev–Trinajstić information content (AvgIpc) is 2.20. The second kappa shape index (κ2) is 7.39.